The summed E-state index contributed by atoms with van der Waals surface area (Å²) in [5.41, 5.74) is 11.4. The first kappa shape index (κ1) is 24.6. The van der Waals surface area contributed by atoms with Crippen molar-refractivity contribution in [2.24, 2.45) is 0 Å². The van der Waals surface area contributed by atoms with Crippen LogP contribution in [0.3, 0.4) is 0 Å². The van der Waals surface area contributed by atoms with Gasteiger partial charge >= 0.3 is 0 Å². The van der Waals surface area contributed by atoms with Gasteiger partial charge in [0.25, 0.3) is 0 Å². The molecule has 1 aromatic heterocycles. The molecule has 1 aliphatic heterocycles. The Morgan fingerprint density at radius 1 is 0.558 bits per heavy atom. The van der Waals surface area contributed by atoms with E-state index in [1.807, 2.05) is 11.8 Å². The van der Waals surface area contributed by atoms with Crippen LogP contribution >= 0.6 is 11.8 Å². The van der Waals surface area contributed by atoms with Gasteiger partial charge in [0.05, 0.1) is 16.9 Å². The number of para-hydroxylation sites is 2. The lowest BCUT2D eigenvalue weighted by Gasteiger charge is -2.33. The predicted octanol–water partition coefficient (Wildman–Crippen LogP) is 11.3. The fraction of sp³-hybridized carbons (Fsp3) is 0.0500. The Morgan fingerprint density at radius 2 is 1.33 bits per heavy atom. The first-order valence-electron chi connectivity index (χ1n) is 14.9. The van der Waals surface area contributed by atoms with Crippen molar-refractivity contribution in [2.75, 3.05) is 4.90 Å². The number of benzene rings is 6. The maximum absolute atomic E-state index is 2.42. The van der Waals surface area contributed by atoms with Gasteiger partial charge in [0.15, 0.2) is 0 Å². The molecule has 0 bridgehead atoms. The van der Waals surface area contributed by atoms with E-state index in [0.717, 1.165) is 12.8 Å². The smallest absolute Gasteiger partial charge is 0.0602 e. The van der Waals surface area contributed by atoms with Crippen LogP contribution in [0.25, 0.3) is 44.6 Å². The summed E-state index contributed by atoms with van der Waals surface area (Å²) in [4.78, 5) is 4.97. The van der Waals surface area contributed by atoms with Crippen molar-refractivity contribution in [3.05, 3.63) is 151 Å². The third-order valence-electron chi connectivity index (χ3n) is 8.82. The van der Waals surface area contributed by atoms with Gasteiger partial charge in [0.2, 0.25) is 0 Å². The third-order valence-corrected chi connectivity index (χ3v) is 9.93. The first-order chi connectivity index (χ1) is 21.3. The van der Waals surface area contributed by atoms with Gasteiger partial charge in [0, 0.05) is 32.2 Å². The number of allylic oxidation sites excluding steroid dienone is 1. The summed E-state index contributed by atoms with van der Waals surface area (Å²) in [6.45, 7) is 0. The topological polar surface area (TPSA) is 8.17 Å². The van der Waals surface area contributed by atoms with E-state index in [1.54, 1.807) is 0 Å². The lowest BCUT2D eigenvalue weighted by Crippen LogP contribution is -2.14. The number of nitrogens with zero attached hydrogens (tertiary/aromatic N) is 2. The number of rotatable bonds is 3. The molecule has 7 aromatic rings. The molecule has 0 radical (unpaired) electrons. The molecule has 0 fully saturated rings. The summed E-state index contributed by atoms with van der Waals surface area (Å²) >= 11 is 1.87. The molecule has 1 aliphatic carbocycles. The standard InChI is InChI=1S/C40H28N2S/c1-2-12-31(13-3-1)41-35-15-7-6-14-33(35)34-25-29(19-22-36(34)41)30-20-23-38-40(26-30)43-39-17-9-8-16-37(39)42(38)32-21-18-27-10-4-5-11-28(27)24-32/h1-5,7-13,15-26H,6,14H2. The van der Waals surface area contributed by atoms with Crippen molar-refractivity contribution in [2.45, 2.75) is 22.6 Å². The average Bonchev–Trinajstić information content (AvgIpc) is 3.41. The van der Waals surface area contributed by atoms with E-state index < -0.39 is 0 Å². The number of hydrogen-bond acceptors (Lipinski definition) is 2. The molecule has 43 heavy (non-hydrogen) atoms. The molecule has 2 aliphatic rings. The summed E-state index contributed by atoms with van der Waals surface area (Å²) in [5, 5.41) is 3.87. The molecule has 0 saturated heterocycles. The summed E-state index contributed by atoms with van der Waals surface area (Å²) < 4.78 is 2.42. The molecule has 204 valence electrons. The Labute approximate surface area is 255 Å². The number of fused-ring (bicyclic) bond motifs is 6. The molecule has 2 heterocycles. The normalized spacial score (nSPS) is 13.6. The fourth-order valence-corrected chi connectivity index (χ4v) is 7.90. The first-order valence-corrected chi connectivity index (χ1v) is 15.7. The van der Waals surface area contributed by atoms with Gasteiger partial charge in [-0.1, -0.05) is 90.6 Å². The van der Waals surface area contributed by atoms with Crippen molar-refractivity contribution >= 4 is 56.6 Å². The molecule has 0 unspecified atom stereocenters. The summed E-state index contributed by atoms with van der Waals surface area (Å²) in [6, 6.07) is 48.9. The third kappa shape index (κ3) is 3.96. The van der Waals surface area contributed by atoms with Gasteiger partial charge < -0.3 is 9.47 Å². The molecule has 0 atom stereocenters. The van der Waals surface area contributed by atoms with Gasteiger partial charge in [-0.15, -0.1) is 0 Å². The summed E-state index contributed by atoms with van der Waals surface area (Å²) in [5.74, 6) is 0. The van der Waals surface area contributed by atoms with Crippen LogP contribution in [0.5, 0.6) is 0 Å². The van der Waals surface area contributed by atoms with Gasteiger partial charge in [0.1, 0.15) is 0 Å². The van der Waals surface area contributed by atoms with Gasteiger partial charge in [-0.25, -0.2) is 0 Å². The monoisotopic (exact) mass is 568 g/mol. The van der Waals surface area contributed by atoms with Gasteiger partial charge in [-0.3, -0.25) is 0 Å². The zero-order valence-electron chi connectivity index (χ0n) is 23.6. The van der Waals surface area contributed by atoms with Crippen molar-refractivity contribution < 1.29 is 0 Å². The number of anilines is 3. The zero-order chi connectivity index (χ0) is 28.3. The summed E-state index contributed by atoms with van der Waals surface area (Å²) in [7, 11) is 0. The van der Waals surface area contributed by atoms with Crippen LogP contribution < -0.4 is 4.90 Å². The minimum Gasteiger partial charge on any atom is -0.310 e. The SMILES string of the molecule is C1=Cc2c(c3cc(-c4ccc5c(c4)Sc4ccccc4N5c4ccc5ccccc5c4)ccc3n2-c2ccccc2)CC1. The van der Waals surface area contributed by atoms with E-state index in [9.17, 15) is 0 Å². The maximum Gasteiger partial charge on any atom is 0.0602 e. The Bertz CT molecular complexity index is 2220. The van der Waals surface area contributed by atoms with Crippen LogP contribution in [0.1, 0.15) is 17.7 Å². The van der Waals surface area contributed by atoms with Crippen LogP contribution in [0, 0.1) is 0 Å². The van der Waals surface area contributed by atoms with Crippen LogP contribution in [0.4, 0.5) is 17.1 Å². The molecular formula is C40H28N2S. The molecule has 0 amide bonds. The molecule has 9 rings (SSSR count). The Morgan fingerprint density at radius 3 is 2.26 bits per heavy atom. The Balaban J connectivity index is 1.18. The van der Waals surface area contributed by atoms with E-state index in [-0.39, 0.29) is 0 Å². The van der Waals surface area contributed by atoms with Crippen molar-refractivity contribution in [1.82, 2.24) is 4.57 Å². The molecular weight excluding hydrogens is 541 g/mol. The highest BCUT2D eigenvalue weighted by Gasteiger charge is 2.26. The minimum atomic E-state index is 1.07. The van der Waals surface area contributed by atoms with Gasteiger partial charge in [-0.2, -0.15) is 0 Å². The predicted molar refractivity (Wildman–Crippen MR) is 182 cm³/mol. The molecule has 3 heteroatoms. The van der Waals surface area contributed by atoms with Crippen LogP contribution in [-0.2, 0) is 6.42 Å². The van der Waals surface area contributed by atoms with E-state index >= 15 is 0 Å². The quantitative estimate of drug-likeness (QED) is 0.209. The van der Waals surface area contributed by atoms with Crippen LogP contribution in [0.2, 0.25) is 0 Å². The van der Waals surface area contributed by atoms with Crippen LogP contribution in [0.15, 0.2) is 149 Å². The van der Waals surface area contributed by atoms with E-state index in [4.69, 9.17) is 0 Å². The number of aryl methyl sites for hydroxylation is 1. The van der Waals surface area contributed by atoms with E-state index in [0.29, 0.717) is 0 Å². The van der Waals surface area contributed by atoms with Crippen molar-refractivity contribution in [1.29, 1.82) is 0 Å². The van der Waals surface area contributed by atoms with Gasteiger partial charge in [-0.05, 0) is 107 Å². The zero-order valence-corrected chi connectivity index (χ0v) is 24.4. The summed E-state index contributed by atoms with van der Waals surface area (Å²) in [6.07, 6.45) is 6.77. The molecule has 2 nitrogen and oxygen atoms in total. The van der Waals surface area contributed by atoms with Crippen molar-refractivity contribution in [3.8, 4) is 16.8 Å². The molecule has 0 spiro atoms. The second kappa shape index (κ2) is 9.79. The highest BCUT2D eigenvalue weighted by atomic mass is 32.2. The second-order valence-electron chi connectivity index (χ2n) is 11.3. The maximum atomic E-state index is 2.42. The van der Waals surface area contributed by atoms with Crippen molar-refractivity contribution in [3.63, 3.8) is 0 Å². The fourth-order valence-electron chi connectivity index (χ4n) is 6.80. The largest absolute Gasteiger partial charge is 0.310 e. The highest BCUT2D eigenvalue weighted by molar-refractivity contribution is 7.99. The van der Waals surface area contributed by atoms with E-state index in [1.165, 1.54) is 76.6 Å². The number of hydrogen-bond donors (Lipinski definition) is 0. The van der Waals surface area contributed by atoms with Crippen LogP contribution in [-0.4, -0.2) is 4.57 Å². The lowest BCUT2D eigenvalue weighted by atomic mass is 9.97. The molecule has 6 aromatic carbocycles. The average molecular weight is 569 g/mol. The lowest BCUT2D eigenvalue weighted by molar-refractivity contribution is 0.967. The molecule has 0 N–H and O–H groups in total. The molecule has 0 saturated carbocycles. The Hall–Kier alpha value is -4.99. The minimum absolute atomic E-state index is 1.07. The second-order valence-corrected chi connectivity index (χ2v) is 12.4. The van der Waals surface area contributed by atoms with E-state index in [2.05, 4.69) is 155 Å². The Kier molecular flexibility index (Phi) is 5.60. The number of aromatic nitrogens is 1. The highest BCUT2D eigenvalue weighted by Crippen LogP contribution is 2.52.